The Balaban J connectivity index is 1.98. The fourth-order valence-corrected chi connectivity index (χ4v) is 3.15. The van der Waals surface area contributed by atoms with Gasteiger partial charge >= 0.3 is 6.03 Å². The minimum atomic E-state index is -0.215. The molecule has 0 aromatic heterocycles. The summed E-state index contributed by atoms with van der Waals surface area (Å²) in [6.07, 6.45) is 2.12. The van der Waals surface area contributed by atoms with Crippen LogP contribution >= 0.6 is 0 Å². The molecular weight excluding hydrogens is 305 g/mol. The van der Waals surface area contributed by atoms with Crippen molar-refractivity contribution in [2.24, 2.45) is 0 Å². The highest BCUT2D eigenvalue weighted by molar-refractivity contribution is 5.75. The van der Waals surface area contributed by atoms with Crippen LogP contribution in [-0.4, -0.2) is 47.5 Å². The van der Waals surface area contributed by atoms with Crippen LogP contribution in [0.2, 0.25) is 0 Å². The van der Waals surface area contributed by atoms with E-state index in [0.29, 0.717) is 6.04 Å². The summed E-state index contributed by atoms with van der Waals surface area (Å²) in [5.41, 5.74) is 0.943. The number of nitrogens with one attached hydrogen (secondary N) is 1. The molecule has 1 N–H and O–H groups in total. The van der Waals surface area contributed by atoms with Crippen molar-refractivity contribution in [2.45, 2.75) is 52.1 Å². The molecule has 134 valence electrons. The van der Waals surface area contributed by atoms with E-state index in [9.17, 15) is 9.18 Å². The Morgan fingerprint density at radius 3 is 2.25 bits per heavy atom. The lowest BCUT2D eigenvalue weighted by molar-refractivity contribution is 0.101. The van der Waals surface area contributed by atoms with Crippen LogP contribution in [0.25, 0.3) is 0 Å². The average Bonchev–Trinajstić information content (AvgIpc) is 2.52. The number of nitrogens with zero attached hydrogens (tertiary/aromatic N) is 2. The second-order valence-corrected chi connectivity index (χ2v) is 7.56. The Morgan fingerprint density at radius 1 is 1.17 bits per heavy atom. The number of hydrogen-bond acceptors (Lipinski definition) is 2. The summed E-state index contributed by atoms with van der Waals surface area (Å²) >= 11 is 0. The third-order valence-electron chi connectivity index (χ3n) is 4.34. The first-order valence-electron chi connectivity index (χ1n) is 8.87. The lowest BCUT2D eigenvalue weighted by Gasteiger charge is -2.40. The number of benzene rings is 1. The van der Waals surface area contributed by atoms with Crippen LogP contribution in [0.15, 0.2) is 24.3 Å². The standard InChI is InChI=1S/C19H30FN3O/c1-5-6-17(15-7-9-16(20)10-8-15)22-11-13-23(14-12-22)18(24)21-19(2,3)4/h7-10,17H,5-6,11-14H2,1-4H3,(H,21,24). The molecule has 1 heterocycles. The van der Waals surface area contributed by atoms with Crippen molar-refractivity contribution in [3.63, 3.8) is 0 Å². The Labute approximate surface area is 145 Å². The highest BCUT2D eigenvalue weighted by Crippen LogP contribution is 2.27. The van der Waals surface area contributed by atoms with E-state index in [4.69, 9.17) is 0 Å². The molecule has 0 bridgehead atoms. The largest absolute Gasteiger partial charge is 0.333 e. The first kappa shape index (κ1) is 18.7. The van der Waals surface area contributed by atoms with E-state index in [0.717, 1.165) is 44.6 Å². The van der Waals surface area contributed by atoms with Crippen LogP contribution in [-0.2, 0) is 0 Å². The second kappa shape index (κ2) is 7.97. The smallest absolute Gasteiger partial charge is 0.317 e. The summed E-state index contributed by atoms with van der Waals surface area (Å²) in [5, 5.41) is 3.02. The topological polar surface area (TPSA) is 35.6 Å². The van der Waals surface area contributed by atoms with E-state index in [1.807, 2.05) is 37.8 Å². The molecule has 1 unspecified atom stereocenters. The van der Waals surface area contributed by atoms with Gasteiger partial charge in [-0.25, -0.2) is 9.18 Å². The number of halogens is 1. The number of carbonyl (C=O) groups is 1. The SMILES string of the molecule is CCCC(c1ccc(F)cc1)N1CCN(C(=O)NC(C)(C)C)CC1. The van der Waals surface area contributed by atoms with Crippen molar-refractivity contribution in [1.29, 1.82) is 0 Å². The summed E-state index contributed by atoms with van der Waals surface area (Å²) in [6.45, 7) is 11.3. The lowest BCUT2D eigenvalue weighted by Crippen LogP contribution is -2.55. The summed E-state index contributed by atoms with van der Waals surface area (Å²) in [4.78, 5) is 16.6. The fraction of sp³-hybridized carbons (Fsp3) is 0.632. The van der Waals surface area contributed by atoms with Gasteiger partial charge in [0.15, 0.2) is 0 Å². The van der Waals surface area contributed by atoms with Crippen molar-refractivity contribution in [3.05, 3.63) is 35.6 Å². The van der Waals surface area contributed by atoms with Crippen LogP contribution in [0.3, 0.4) is 0 Å². The van der Waals surface area contributed by atoms with Crippen molar-refractivity contribution in [3.8, 4) is 0 Å². The van der Waals surface area contributed by atoms with Gasteiger partial charge in [-0.3, -0.25) is 4.90 Å². The summed E-state index contributed by atoms with van der Waals surface area (Å²) in [6, 6.07) is 7.14. The summed E-state index contributed by atoms with van der Waals surface area (Å²) in [7, 11) is 0. The average molecular weight is 335 g/mol. The second-order valence-electron chi connectivity index (χ2n) is 7.56. The van der Waals surface area contributed by atoms with E-state index in [-0.39, 0.29) is 17.4 Å². The van der Waals surface area contributed by atoms with Gasteiger partial charge in [-0.2, -0.15) is 0 Å². The minimum Gasteiger partial charge on any atom is -0.333 e. The molecule has 0 spiro atoms. The van der Waals surface area contributed by atoms with Gasteiger partial charge in [0.1, 0.15) is 5.82 Å². The number of hydrogen-bond donors (Lipinski definition) is 1. The third-order valence-corrected chi connectivity index (χ3v) is 4.34. The predicted molar refractivity (Wildman–Crippen MR) is 95.5 cm³/mol. The van der Waals surface area contributed by atoms with Crippen molar-refractivity contribution in [2.75, 3.05) is 26.2 Å². The normalized spacial score (nSPS) is 17.6. The molecule has 1 aliphatic heterocycles. The van der Waals surface area contributed by atoms with Gasteiger partial charge < -0.3 is 10.2 Å². The maximum atomic E-state index is 13.2. The van der Waals surface area contributed by atoms with E-state index < -0.39 is 0 Å². The fourth-order valence-electron chi connectivity index (χ4n) is 3.15. The predicted octanol–water partition coefficient (Wildman–Crippen LogP) is 3.79. The number of piperazine rings is 1. The molecule has 0 saturated carbocycles. The van der Waals surface area contributed by atoms with E-state index in [1.54, 1.807) is 0 Å². The third kappa shape index (κ3) is 5.20. The highest BCUT2D eigenvalue weighted by atomic mass is 19.1. The molecule has 1 atom stereocenters. The molecule has 1 aliphatic rings. The molecule has 2 rings (SSSR count). The molecule has 1 saturated heterocycles. The van der Waals surface area contributed by atoms with Crippen molar-refractivity contribution >= 4 is 6.03 Å². The monoisotopic (exact) mass is 335 g/mol. The number of amides is 2. The molecule has 0 aliphatic carbocycles. The van der Waals surface area contributed by atoms with Crippen molar-refractivity contribution < 1.29 is 9.18 Å². The molecule has 2 amide bonds. The van der Waals surface area contributed by atoms with Crippen LogP contribution in [0.1, 0.15) is 52.1 Å². The molecule has 1 aromatic rings. The number of rotatable bonds is 4. The van der Waals surface area contributed by atoms with Crippen LogP contribution in [0.5, 0.6) is 0 Å². The van der Waals surface area contributed by atoms with Crippen LogP contribution < -0.4 is 5.32 Å². The molecule has 4 nitrogen and oxygen atoms in total. The first-order chi connectivity index (χ1) is 11.3. The minimum absolute atomic E-state index is 0.0102. The zero-order valence-corrected chi connectivity index (χ0v) is 15.3. The molecule has 24 heavy (non-hydrogen) atoms. The Kier molecular flexibility index (Phi) is 6.21. The zero-order valence-electron chi connectivity index (χ0n) is 15.3. The van der Waals surface area contributed by atoms with E-state index >= 15 is 0 Å². The molecule has 5 heteroatoms. The zero-order chi connectivity index (χ0) is 17.7. The van der Waals surface area contributed by atoms with Crippen molar-refractivity contribution in [1.82, 2.24) is 15.1 Å². The highest BCUT2D eigenvalue weighted by Gasteiger charge is 2.28. The molecule has 0 radical (unpaired) electrons. The Morgan fingerprint density at radius 2 is 1.75 bits per heavy atom. The van der Waals surface area contributed by atoms with Gasteiger partial charge in [0.25, 0.3) is 0 Å². The summed E-state index contributed by atoms with van der Waals surface area (Å²) < 4.78 is 13.2. The maximum Gasteiger partial charge on any atom is 0.317 e. The molecular formula is C19H30FN3O. The van der Waals surface area contributed by atoms with Crippen LogP contribution in [0, 0.1) is 5.82 Å². The van der Waals surface area contributed by atoms with Gasteiger partial charge in [-0.1, -0.05) is 25.5 Å². The number of urea groups is 1. The van der Waals surface area contributed by atoms with Gasteiger partial charge in [0, 0.05) is 37.8 Å². The Bertz CT molecular complexity index is 531. The molecule has 1 fully saturated rings. The Hall–Kier alpha value is -1.62. The maximum absolute atomic E-state index is 13.2. The van der Waals surface area contributed by atoms with Gasteiger partial charge in [0.2, 0.25) is 0 Å². The quantitative estimate of drug-likeness (QED) is 0.908. The molecule has 1 aromatic carbocycles. The number of carbonyl (C=O) groups excluding carboxylic acids is 1. The summed E-state index contributed by atoms with van der Waals surface area (Å²) in [5.74, 6) is -0.197. The van der Waals surface area contributed by atoms with E-state index in [2.05, 4.69) is 17.1 Å². The lowest BCUT2D eigenvalue weighted by atomic mass is 9.99. The van der Waals surface area contributed by atoms with Gasteiger partial charge in [-0.05, 0) is 44.9 Å². The van der Waals surface area contributed by atoms with E-state index in [1.165, 1.54) is 12.1 Å². The first-order valence-corrected chi connectivity index (χ1v) is 8.87. The van der Waals surface area contributed by atoms with Crippen LogP contribution in [0.4, 0.5) is 9.18 Å². The van der Waals surface area contributed by atoms with Gasteiger partial charge in [0.05, 0.1) is 0 Å². The van der Waals surface area contributed by atoms with Gasteiger partial charge in [-0.15, -0.1) is 0 Å².